The van der Waals surface area contributed by atoms with Crippen molar-refractivity contribution >= 4 is 0 Å². The van der Waals surface area contributed by atoms with Crippen molar-refractivity contribution in [1.29, 1.82) is 0 Å². The fourth-order valence-electron chi connectivity index (χ4n) is 1.46. The zero-order valence-corrected chi connectivity index (χ0v) is 10.6. The summed E-state index contributed by atoms with van der Waals surface area (Å²) in [5.74, 6) is -0.154. The van der Waals surface area contributed by atoms with Crippen molar-refractivity contribution in [2.45, 2.75) is 32.9 Å². The highest BCUT2D eigenvalue weighted by atomic mass is 19.1. The average Bonchev–Trinajstić information content (AvgIpc) is 2.25. The van der Waals surface area contributed by atoms with Crippen molar-refractivity contribution in [3.8, 4) is 5.75 Å². The van der Waals surface area contributed by atoms with Crippen molar-refractivity contribution < 1.29 is 13.9 Å². The molecule has 0 bridgehead atoms. The predicted octanol–water partition coefficient (Wildman–Crippen LogP) is 2.65. The van der Waals surface area contributed by atoms with Gasteiger partial charge in [-0.15, -0.1) is 0 Å². The van der Waals surface area contributed by atoms with E-state index in [0.717, 1.165) is 0 Å². The van der Waals surface area contributed by atoms with Crippen LogP contribution in [0.3, 0.4) is 0 Å². The second-order valence-corrected chi connectivity index (χ2v) is 4.21. The molecule has 2 N–H and O–H groups in total. The van der Waals surface area contributed by atoms with Crippen LogP contribution in [0.15, 0.2) is 18.2 Å². The monoisotopic (exact) mass is 241 g/mol. The van der Waals surface area contributed by atoms with E-state index in [1.807, 2.05) is 13.8 Å². The number of para-hydroxylation sites is 1. The molecule has 1 aromatic carbocycles. The normalized spacial score (nSPS) is 12.8. The van der Waals surface area contributed by atoms with Crippen molar-refractivity contribution in [2.75, 3.05) is 13.2 Å². The van der Waals surface area contributed by atoms with Gasteiger partial charge in [-0.2, -0.15) is 0 Å². The summed E-state index contributed by atoms with van der Waals surface area (Å²) in [7, 11) is 0. The van der Waals surface area contributed by atoms with E-state index in [4.69, 9.17) is 15.2 Å². The first-order chi connectivity index (χ1) is 8.02. The Kier molecular flexibility index (Phi) is 5.38. The molecule has 1 aromatic rings. The first kappa shape index (κ1) is 13.9. The van der Waals surface area contributed by atoms with Crippen molar-refractivity contribution in [1.82, 2.24) is 0 Å². The molecule has 0 saturated heterocycles. The first-order valence-corrected chi connectivity index (χ1v) is 5.80. The van der Waals surface area contributed by atoms with Gasteiger partial charge in [0.2, 0.25) is 0 Å². The van der Waals surface area contributed by atoms with Crippen LogP contribution in [0.25, 0.3) is 0 Å². The van der Waals surface area contributed by atoms with Crippen LogP contribution in [0.2, 0.25) is 0 Å². The number of rotatable bonds is 6. The fourth-order valence-corrected chi connectivity index (χ4v) is 1.46. The number of benzene rings is 1. The summed E-state index contributed by atoms with van der Waals surface area (Å²) in [5, 5.41) is 0. The Morgan fingerprint density at radius 2 is 1.94 bits per heavy atom. The third-order valence-electron chi connectivity index (χ3n) is 2.27. The Morgan fingerprint density at radius 3 is 2.53 bits per heavy atom. The van der Waals surface area contributed by atoms with E-state index in [2.05, 4.69) is 0 Å². The van der Waals surface area contributed by atoms with Gasteiger partial charge in [0.1, 0.15) is 6.61 Å². The summed E-state index contributed by atoms with van der Waals surface area (Å²) in [4.78, 5) is 0. The number of halogens is 1. The summed E-state index contributed by atoms with van der Waals surface area (Å²) in [6.45, 7) is 6.43. The number of hydrogen-bond donors (Lipinski definition) is 1. The Balaban J connectivity index is 2.63. The Morgan fingerprint density at radius 1 is 1.24 bits per heavy atom. The molecule has 17 heavy (non-hydrogen) atoms. The number of hydrogen-bond acceptors (Lipinski definition) is 3. The van der Waals surface area contributed by atoms with E-state index in [-0.39, 0.29) is 23.7 Å². The molecule has 0 unspecified atom stereocenters. The fraction of sp³-hybridized carbons (Fsp3) is 0.538. The van der Waals surface area contributed by atoms with Crippen LogP contribution >= 0.6 is 0 Å². The maximum Gasteiger partial charge on any atom is 0.165 e. The van der Waals surface area contributed by atoms with Crippen LogP contribution < -0.4 is 10.5 Å². The Labute approximate surface area is 102 Å². The van der Waals surface area contributed by atoms with Crippen LogP contribution in [0.5, 0.6) is 5.75 Å². The highest BCUT2D eigenvalue weighted by Crippen LogP contribution is 2.26. The highest BCUT2D eigenvalue weighted by molar-refractivity contribution is 5.36. The molecule has 0 fully saturated rings. The molecule has 0 aromatic heterocycles. The Hall–Kier alpha value is -1.13. The van der Waals surface area contributed by atoms with E-state index < -0.39 is 0 Å². The van der Waals surface area contributed by atoms with Gasteiger partial charge in [0.25, 0.3) is 0 Å². The molecule has 1 rings (SSSR count). The van der Waals surface area contributed by atoms with Crippen molar-refractivity contribution in [3.63, 3.8) is 0 Å². The molecule has 96 valence electrons. The lowest BCUT2D eigenvalue weighted by Crippen LogP contribution is -2.14. The topological polar surface area (TPSA) is 44.5 Å². The van der Waals surface area contributed by atoms with Crippen molar-refractivity contribution in [2.24, 2.45) is 5.73 Å². The van der Waals surface area contributed by atoms with Gasteiger partial charge in [0, 0.05) is 11.6 Å². The molecule has 3 nitrogen and oxygen atoms in total. The lowest BCUT2D eigenvalue weighted by Gasteiger charge is -2.15. The lowest BCUT2D eigenvalue weighted by molar-refractivity contribution is 0.0541. The maximum absolute atomic E-state index is 13.6. The van der Waals surface area contributed by atoms with Gasteiger partial charge in [-0.25, -0.2) is 4.39 Å². The molecule has 0 aliphatic heterocycles. The third kappa shape index (κ3) is 4.32. The molecule has 0 spiro atoms. The van der Waals surface area contributed by atoms with Crippen molar-refractivity contribution in [3.05, 3.63) is 29.6 Å². The third-order valence-corrected chi connectivity index (χ3v) is 2.27. The molecule has 0 amide bonds. The minimum atomic E-state index is -0.385. The Bertz CT molecular complexity index is 353. The van der Waals surface area contributed by atoms with E-state index in [0.29, 0.717) is 18.8 Å². The smallest absolute Gasteiger partial charge is 0.165 e. The second kappa shape index (κ2) is 6.57. The molecule has 0 aliphatic carbocycles. The van der Waals surface area contributed by atoms with Crippen LogP contribution in [-0.4, -0.2) is 19.3 Å². The second-order valence-electron chi connectivity index (χ2n) is 4.21. The van der Waals surface area contributed by atoms with Crippen LogP contribution in [0.1, 0.15) is 32.4 Å². The van der Waals surface area contributed by atoms with Gasteiger partial charge < -0.3 is 15.2 Å². The molecule has 0 heterocycles. The van der Waals surface area contributed by atoms with Gasteiger partial charge in [-0.3, -0.25) is 0 Å². The SMILES string of the molecule is CC(C)OCCOc1c(F)cccc1[C@@H](C)N. The number of ether oxygens (including phenoxy) is 2. The average molecular weight is 241 g/mol. The van der Waals surface area contributed by atoms with Gasteiger partial charge in [-0.1, -0.05) is 12.1 Å². The number of nitrogens with two attached hydrogens (primary N) is 1. The largest absolute Gasteiger partial charge is 0.488 e. The summed E-state index contributed by atoms with van der Waals surface area (Å²) in [5.41, 5.74) is 6.43. The van der Waals surface area contributed by atoms with Gasteiger partial charge >= 0.3 is 0 Å². The molecule has 0 radical (unpaired) electrons. The molecule has 4 heteroatoms. The highest BCUT2D eigenvalue weighted by Gasteiger charge is 2.12. The molecular formula is C13H20FNO2. The summed E-state index contributed by atoms with van der Waals surface area (Å²) >= 11 is 0. The molecule has 1 atom stereocenters. The predicted molar refractivity (Wildman–Crippen MR) is 65.6 cm³/mol. The summed E-state index contributed by atoms with van der Waals surface area (Å²) in [6, 6.07) is 4.51. The van der Waals surface area contributed by atoms with E-state index in [9.17, 15) is 4.39 Å². The van der Waals surface area contributed by atoms with Gasteiger partial charge in [0.15, 0.2) is 11.6 Å². The quantitative estimate of drug-likeness (QED) is 0.779. The van der Waals surface area contributed by atoms with Gasteiger partial charge in [-0.05, 0) is 26.8 Å². The molecule has 0 saturated carbocycles. The van der Waals surface area contributed by atoms with E-state index >= 15 is 0 Å². The molecular weight excluding hydrogens is 221 g/mol. The lowest BCUT2D eigenvalue weighted by atomic mass is 10.1. The van der Waals surface area contributed by atoms with Crippen LogP contribution in [-0.2, 0) is 4.74 Å². The minimum Gasteiger partial charge on any atom is -0.488 e. The zero-order chi connectivity index (χ0) is 12.8. The first-order valence-electron chi connectivity index (χ1n) is 5.80. The zero-order valence-electron chi connectivity index (χ0n) is 10.6. The van der Waals surface area contributed by atoms with Crippen LogP contribution in [0.4, 0.5) is 4.39 Å². The van der Waals surface area contributed by atoms with Crippen LogP contribution in [0, 0.1) is 5.82 Å². The van der Waals surface area contributed by atoms with E-state index in [1.165, 1.54) is 6.07 Å². The van der Waals surface area contributed by atoms with Gasteiger partial charge in [0.05, 0.1) is 12.7 Å². The standard InChI is InChI=1S/C13H20FNO2/c1-9(2)16-7-8-17-13-11(10(3)15)5-4-6-12(13)14/h4-6,9-10H,7-8,15H2,1-3H3/t10-/m1/s1. The summed E-state index contributed by atoms with van der Waals surface area (Å²) in [6.07, 6.45) is 0.145. The maximum atomic E-state index is 13.6. The minimum absolute atomic E-state index is 0.145. The summed E-state index contributed by atoms with van der Waals surface area (Å²) < 4.78 is 24.3. The van der Waals surface area contributed by atoms with E-state index in [1.54, 1.807) is 19.1 Å². The molecule has 0 aliphatic rings.